The highest BCUT2D eigenvalue weighted by Gasteiger charge is 1.93. The first-order chi connectivity index (χ1) is 7.90. The molecule has 0 radical (unpaired) electrons. The predicted molar refractivity (Wildman–Crippen MR) is 73.8 cm³/mol. The van der Waals surface area contributed by atoms with E-state index < -0.39 is 0 Å². The maximum atomic E-state index is 4.49. The van der Waals surface area contributed by atoms with E-state index in [1.807, 2.05) is 39.8 Å². The average molecular weight is 217 g/mol. The van der Waals surface area contributed by atoms with Gasteiger partial charge in [-0.1, -0.05) is 58.9 Å². The lowest BCUT2D eigenvalue weighted by Crippen LogP contribution is -1.86. The molecule has 2 aromatic rings. The van der Waals surface area contributed by atoms with Crippen molar-refractivity contribution in [2.24, 2.45) is 0 Å². The molecule has 0 N–H and O–H groups in total. The zero-order valence-electron chi connectivity index (χ0n) is 11.1. The highest BCUT2D eigenvalue weighted by molar-refractivity contribution is 5.78. The number of para-hydroxylation sites is 1. The van der Waals surface area contributed by atoms with Crippen molar-refractivity contribution >= 4 is 10.9 Å². The Labute approximate surface area is 99.5 Å². The summed E-state index contributed by atoms with van der Waals surface area (Å²) in [6, 6.07) is 12.4. The van der Waals surface area contributed by atoms with Crippen molar-refractivity contribution in [2.45, 2.75) is 41.0 Å². The van der Waals surface area contributed by atoms with Gasteiger partial charge in [-0.2, -0.15) is 0 Å². The minimum Gasteiger partial charge on any atom is -0.253 e. The predicted octanol–water partition coefficient (Wildman–Crippen LogP) is 4.85. The van der Waals surface area contributed by atoms with E-state index in [4.69, 9.17) is 0 Å². The summed E-state index contributed by atoms with van der Waals surface area (Å²) in [5.41, 5.74) is 2.26. The third-order valence-corrected chi connectivity index (χ3v) is 2.02. The van der Waals surface area contributed by atoms with Gasteiger partial charge in [-0.05, 0) is 18.6 Å². The van der Waals surface area contributed by atoms with Crippen LogP contribution in [0.25, 0.3) is 10.9 Å². The monoisotopic (exact) mass is 217 g/mol. The molecule has 0 atom stereocenters. The second kappa shape index (κ2) is 8.90. The van der Waals surface area contributed by atoms with Crippen LogP contribution in [-0.4, -0.2) is 4.98 Å². The van der Waals surface area contributed by atoms with Crippen molar-refractivity contribution < 1.29 is 0 Å². The summed E-state index contributed by atoms with van der Waals surface area (Å²) in [5, 5.41) is 1.22. The van der Waals surface area contributed by atoms with Gasteiger partial charge in [-0.3, -0.25) is 4.98 Å². The van der Waals surface area contributed by atoms with Crippen molar-refractivity contribution in [3.63, 3.8) is 0 Å². The molecular formula is C15H23N. The molecule has 0 saturated carbocycles. The molecule has 0 amide bonds. The van der Waals surface area contributed by atoms with Gasteiger partial charge in [0.05, 0.1) is 5.52 Å². The molecule has 1 heterocycles. The van der Waals surface area contributed by atoms with Gasteiger partial charge in [0.15, 0.2) is 0 Å². The van der Waals surface area contributed by atoms with E-state index in [9.17, 15) is 0 Å². The Hall–Kier alpha value is -1.37. The Morgan fingerprint density at radius 3 is 2.12 bits per heavy atom. The second-order valence-electron chi connectivity index (χ2n) is 2.85. The quantitative estimate of drug-likeness (QED) is 0.665. The first-order valence-corrected chi connectivity index (χ1v) is 6.25. The van der Waals surface area contributed by atoms with Crippen LogP contribution in [0.4, 0.5) is 0 Å². The first kappa shape index (κ1) is 14.6. The van der Waals surface area contributed by atoms with Crippen LogP contribution in [0.2, 0.25) is 0 Å². The number of fused-ring (bicyclic) bond motifs is 1. The summed E-state index contributed by atoms with van der Waals surface area (Å²) >= 11 is 0. The molecule has 0 saturated heterocycles. The first-order valence-electron chi connectivity index (χ1n) is 6.25. The van der Waals surface area contributed by atoms with Gasteiger partial charge in [-0.25, -0.2) is 0 Å². The van der Waals surface area contributed by atoms with E-state index >= 15 is 0 Å². The van der Waals surface area contributed by atoms with Crippen molar-refractivity contribution in [3.8, 4) is 0 Å². The molecule has 2 rings (SSSR count). The van der Waals surface area contributed by atoms with E-state index in [0.717, 1.165) is 17.6 Å². The zero-order chi connectivity index (χ0) is 12.4. The Kier molecular flexibility index (Phi) is 8.14. The van der Waals surface area contributed by atoms with Crippen LogP contribution in [0.15, 0.2) is 36.4 Å². The molecule has 0 spiro atoms. The average Bonchev–Trinajstić information content (AvgIpc) is 2.42. The van der Waals surface area contributed by atoms with Gasteiger partial charge in [0.2, 0.25) is 0 Å². The number of hydrogen-bond donors (Lipinski definition) is 0. The lowest BCUT2D eigenvalue weighted by Gasteiger charge is -1.98. The normalized spacial score (nSPS) is 8.56. The summed E-state index contributed by atoms with van der Waals surface area (Å²) < 4.78 is 0. The molecule has 1 aromatic heterocycles. The van der Waals surface area contributed by atoms with Crippen molar-refractivity contribution in [2.75, 3.05) is 0 Å². The number of rotatable bonds is 1. The maximum absolute atomic E-state index is 4.49. The van der Waals surface area contributed by atoms with E-state index in [1.165, 1.54) is 5.39 Å². The molecule has 0 aliphatic heterocycles. The molecule has 1 nitrogen and oxygen atoms in total. The molecule has 0 aliphatic rings. The highest BCUT2D eigenvalue weighted by atomic mass is 14.7. The summed E-state index contributed by atoms with van der Waals surface area (Å²) in [5.74, 6) is 0. The third kappa shape index (κ3) is 4.01. The molecular weight excluding hydrogens is 194 g/mol. The maximum Gasteiger partial charge on any atom is 0.0705 e. The minimum absolute atomic E-state index is 1.00. The summed E-state index contributed by atoms with van der Waals surface area (Å²) in [6.45, 7) is 10.1. The Morgan fingerprint density at radius 2 is 1.50 bits per heavy atom. The van der Waals surface area contributed by atoms with Gasteiger partial charge < -0.3 is 0 Å². The summed E-state index contributed by atoms with van der Waals surface area (Å²) in [4.78, 5) is 4.49. The van der Waals surface area contributed by atoms with Crippen molar-refractivity contribution in [1.82, 2.24) is 4.98 Å². The topological polar surface area (TPSA) is 12.9 Å². The van der Waals surface area contributed by atoms with Crippen LogP contribution in [0.5, 0.6) is 0 Å². The minimum atomic E-state index is 1.00. The molecule has 0 aliphatic carbocycles. The molecule has 0 bridgehead atoms. The van der Waals surface area contributed by atoms with Crippen LogP contribution in [0.1, 0.15) is 40.3 Å². The largest absolute Gasteiger partial charge is 0.253 e. The molecule has 88 valence electrons. The molecule has 1 aromatic carbocycles. The zero-order valence-corrected chi connectivity index (χ0v) is 11.1. The molecule has 0 unspecified atom stereocenters. The van der Waals surface area contributed by atoms with Crippen LogP contribution < -0.4 is 0 Å². The smallest absolute Gasteiger partial charge is 0.0705 e. The number of pyridine rings is 1. The number of hydrogen-bond acceptors (Lipinski definition) is 1. The van der Waals surface area contributed by atoms with Crippen LogP contribution >= 0.6 is 0 Å². The Balaban J connectivity index is 0.000000509. The summed E-state index contributed by atoms with van der Waals surface area (Å²) in [7, 11) is 0. The number of benzene rings is 1. The van der Waals surface area contributed by atoms with Gasteiger partial charge >= 0.3 is 0 Å². The van der Waals surface area contributed by atoms with Crippen molar-refractivity contribution in [1.29, 1.82) is 0 Å². The third-order valence-electron chi connectivity index (χ3n) is 2.02. The van der Waals surface area contributed by atoms with Crippen LogP contribution in [0, 0.1) is 0 Å². The fraction of sp³-hybridized carbons (Fsp3) is 0.400. The number of nitrogens with zero attached hydrogens (tertiary/aromatic N) is 1. The van der Waals surface area contributed by atoms with E-state index in [2.05, 4.69) is 36.2 Å². The van der Waals surface area contributed by atoms with Gasteiger partial charge in [-0.15, -0.1) is 0 Å². The number of aromatic nitrogens is 1. The lowest BCUT2D eigenvalue weighted by molar-refractivity contribution is 1.06. The molecule has 1 heteroatoms. The Morgan fingerprint density at radius 1 is 0.875 bits per heavy atom. The van der Waals surface area contributed by atoms with Gasteiger partial charge in [0, 0.05) is 11.1 Å². The molecule has 0 fully saturated rings. The summed E-state index contributed by atoms with van der Waals surface area (Å²) in [6.07, 6.45) is 1.00. The van der Waals surface area contributed by atoms with Crippen LogP contribution in [0.3, 0.4) is 0 Å². The molecule has 16 heavy (non-hydrogen) atoms. The van der Waals surface area contributed by atoms with E-state index in [-0.39, 0.29) is 0 Å². The standard InChI is InChI=1S/C11H11N.2C2H6/c1-2-10-8-7-9-5-3-4-6-11(9)12-10;2*1-2/h3-8H,2H2,1H3;2*1-2H3. The van der Waals surface area contributed by atoms with Crippen molar-refractivity contribution in [3.05, 3.63) is 42.1 Å². The highest BCUT2D eigenvalue weighted by Crippen LogP contribution is 2.11. The van der Waals surface area contributed by atoms with E-state index in [1.54, 1.807) is 0 Å². The number of aryl methyl sites for hydroxylation is 1. The van der Waals surface area contributed by atoms with Gasteiger partial charge in [0.25, 0.3) is 0 Å². The SMILES string of the molecule is CC.CC.CCc1ccc2ccccc2n1. The van der Waals surface area contributed by atoms with Gasteiger partial charge in [0.1, 0.15) is 0 Å². The Bertz CT molecular complexity index is 393. The van der Waals surface area contributed by atoms with E-state index in [0.29, 0.717) is 0 Å². The van der Waals surface area contributed by atoms with Crippen LogP contribution in [-0.2, 0) is 6.42 Å². The fourth-order valence-electron chi connectivity index (χ4n) is 1.31. The fourth-order valence-corrected chi connectivity index (χ4v) is 1.31. The second-order valence-corrected chi connectivity index (χ2v) is 2.85. The lowest BCUT2D eigenvalue weighted by atomic mass is 10.2.